The highest BCUT2D eigenvalue weighted by molar-refractivity contribution is 8.13. The lowest BCUT2D eigenvalue weighted by Crippen LogP contribution is -2.30. The Labute approximate surface area is 164 Å². The number of nitrogens with two attached hydrogens (primary N) is 1. The van der Waals surface area contributed by atoms with Crippen molar-refractivity contribution in [1.29, 1.82) is 5.26 Å². The zero-order chi connectivity index (χ0) is 19.2. The number of ether oxygens (including phenoxy) is 2. The van der Waals surface area contributed by atoms with Gasteiger partial charge in [-0.25, -0.2) is 0 Å². The Hall–Kier alpha value is -2.49. The molecule has 0 spiro atoms. The van der Waals surface area contributed by atoms with E-state index in [1.165, 1.54) is 11.8 Å². The molecule has 0 bridgehead atoms. The van der Waals surface area contributed by atoms with E-state index in [2.05, 4.69) is 12.1 Å². The minimum absolute atomic E-state index is 0.101. The van der Waals surface area contributed by atoms with Gasteiger partial charge in [0.25, 0.3) is 0 Å². The molecule has 2 atom stereocenters. The van der Waals surface area contributed by atoms with Crippen LogP contribution in [0, 0.1) is 17.2 Å². The molecule has 0 fully saturated rings. The molecule has 3 rings (SSSR count). The molecule has 1 heterocycles. The summed E-state index contributed by atoms with van der Waals surface area (Å²) in [4.78, 5) is 4.74. The summed E-state index contributed by atoms with van der Waals surface area (Å²) < 4.78 is 11.6. The summed E-state index contributed by atoms with van der Waals surface area (Å²) in [6, 6.07) is 15.7. The molecule has 1 aliphatic rings. The van der Waals surface area contributed by atoms with Crippen molar-refractivity contribution in [2.24, 2.45) is 16.6 Å². The first kappa shape index (κ1) is 19.3. The van der Waals surface area contributed by atoms with E-state index >= 15 is 0 Å². The summed E-state index contributed by atoms with van der Waals surface area (Å²) in [6.07, 6.45) is 1.92. The summed E-state index contributed by atoms with van der Waals surface area (Å²) in [7, 11) is 0. The monoisotopic (exact) mass is 381 g/mol. The lowest BCUT2D eigenvalue weighted by Gasteiger charge is -2.31. The van der Waals surface area contributed by atoms with Gasteiger partial charge < -0.3 is 15.2 Å². The normalized spacial score (nSPS) is 19.1. The number of nitrogens with zero attached hydrogens (tertiary/aromatic N) is 2. The SMILES string of the molecule is CCOC[C@@H]1COc2ccc(-c3cccc(C#N)c3)cc2C1N=C(N)SC. The zero-order valence-electron chi connectivity index (χ0n) is 15.5. The second kappa shape index (κ2) is 8.94. The Morgan fingerprint density at radius 2 is 2.15 bits per heavy atom. The van der Waals surface area contributed by atoms with Crippen LogP contribution < -0.4 is 10.5 Å². The van der Waals surface area contributed by atoms with E-state index in [0.29, 0.717) is 30.6 Å². The maximum atomic E-state index is 9.17. The molecule has 0 radical (unpaired) electrons. The Bertz CT molecular complexity index is 876. The molecular weight excluding hydrogens is 358 g/mol. The highest BCUT2D eigenvalue weighted by atomic mass is 32.2. The van der Waals surface area contributed by atoms with Crippen molar-refractivity contribution in [3.63, 3.8) is 0 Å². The fraction of sp³-hybridized carbons (Fsp3) is 0.333. The molecule has 27 heavy (non-hydrogen) atoms. The molecule has 2 aromatic rings. The number of hydrogen-bond donors (Lipinski definition) is 1. The predicted molar refractivity (Wildman–Crippen MR) is 110 cm³/mol. The first-order valence-electron chi connectivity index (χ1n) is 8.88. The van der Waals surface area contributed by atoms with Gasteiger partial charge in [0.15, 0.2) is 5.17 Å². The van der Waals surface area contributed by atoms with Crippen LogP contribution in [0.5, 0.6) is 5.75 Å². The zero-order valence-corrected chi connectivity index (χ0v) is 16.3. The third-order valence-corrected chi connectivity index (χ3v) is 5.09. The third-order valence-electron chi connectivity index (χ3n) is 4.56. The average Bonchev–Trinajstić information content (AvgIpc) is 2.72. The van der Waals surface area contributed by atoms with Gasteiger partial charge in [0, 0.05) is 18.1 Å². The van der Waals surface area contributed by atoms with E-state index in [1.807, 2.05) is 43.5 Å². The molecule has 1 aliphatic heterocycles. The van der Waals surface area contributed by atoms with Crippen LogP contribution in [0.25, 0.3) is 11.1 Å². The molecule has 0 aromatic heterocycles. The molecule has 0 amide bonds. The summed E-state index contributed by atoms with van der Waals surface area (Å²) in [6.45, 7) is 3.75. The average molecular weight is 382 g/mol. The van der Waals surface area contributed by atoms with Crippen LogP contribution in [-0.4, -0.2) is 31.2 Å². The highest BCUT2D eigenvalue weighted by Gasteiger charge is 2.31. The van der Waals surface area contributed by atoms with E-state index in [0.717, 1.165) is 22.4 Å². The van der Waals surface area contributed by atoms with Gasteiger partial charge in [-0.05, 0) is 48.6 Å². The molecule has 0 aliphatic carbocycles. The number of thioether (sulfide) groups is 1. The molecule has 5 nitrogen and oxygen atoms in total. The van der Waals surface area contributed by atoms with Gasteiger partial charge in [0.1, 0.15) is 5.75 Å². The fourth-order valence-electron chi connectivity index (χ4n) is 3.17. The minimum Gasteiger partial charge on any atom is -0.493 e. The number of hydrogen-bond acceptors (Lipinski definition) is 5. The smallest absolute Gasteiger partial charge is 0.154 e. The number of fused-ring (bicyclic) bond motifs is 1. The van der Waals surface area contributed by atoms with E-state index < -0.39 is 0 Å². The Balaban J connectivity index is 2.03. The molecular formula is C21H23N3O2S. The third kappa shape index (κ3) is 4.44. The number of nitriles is 1. The van der Waals surface area contributed by atoms with Crippen molar-refractivity contribution in [2.45, 2.75) is 13.0 Å². The molecule has 2 N–H and O–H groups in total. The van der Waals surface area contributed by atoms with E-state index in [9.17, 15) is 0 Å². The second-order valence-electron chi connectivity index (χ2n) is 6.29. The highest BCUT2D eigenvalue weighted by Crippen LogP contribution is 2.40. The Kier molecular flexibility index (Phi) is 6.38. The predicted octanol–water partition coefficient (Wildman–Crippen LogP) is 3.99. The van der Waals surface area contributed by atoms with Crippen LogP contribution in [0.2, 0.25) is 0 Å². The van der Waals surface area contributed by atoms with Crippen LogP contribution in [0.3, 0.4) is 0 Å². The first-order valence-corrected chi connectivity index (χ1v) is 10.1. The Morgan fingerprint density at radius 1 is 1.33 bits per heavy atom. The molecule has 0 saturated heterocycles. The summed E-state index contributed by atoms with van der Waals surface area (Å²) in [5.41, 5.74) is 9.69. The maximum absolute atomic E-state index is 9.17. The number of rotatable bonds is 5. The van der Waals surface area contributed by atoms with Crippen molar-refractivity contribution in [2.75, 3.05) is 26.1 Å². The number of benzene rings is 2. The van der Waals surface area contributed by atoms with Crippen LogP contribution in [0.4, 0.5) is 0 Å². The van der Waals surface area contributed by atoms with Crippen molar-refractivity contribution < 1.29 is 9.47 Å². The van der Waals surface area contributed by atoms with E-state index in [1.54, 1.807) is 6.07 Å². The summed E-state index contributed by atoms with van der Waals surface area (Å²) in [5.74, 6) is 0.925. The second-order valence-corrected chi connectivity index (χ2v) is 7.12. The lowest BCUT2D eigenvalue weighted by molar-refractivity contribution is 0.0659. The van der Waals surface area contributed by atoms with Crippen LogP contribution in [-0.2, 0) is 4.74 Å². The van der Waals surface area contributed by atoms with Gasteiger partial charge in [0.05, 0.1) is 30.9 Å². The fourth-order valence-corrected chi connectivity index (χ4v) is 3.39. The molecule has 1 unspecified atom stereocenters. The van der Waals surface area contributed by atoms with Crippen LogP contribution >= 0.6 is 11.8 Å². The quantitative estimate of drug-likeness (QED) is 0.626. The van der Waals surface area contributed by atoms with E-state index in [-0.39, 0.29) is 12.0 Å². The topological polar surface area (TPSA) is 80.6 Å². The first-order chi connectivity index (χ1) is 13.2. The standard InChI is InChI=1S/C21H23N3O2S/c1-3-25-12-17-13-26-19-8-7-16(15-6-4-5-14(9-15)11-22)10-18(19)20(17)24-21(23)27-2/h4-10,17,20H,3,12-13H2,1-2H3,(H2,23,24)/t17-,20?/m1/s1. The van der Waals surface area contributed by atoms with Gasteiger partial charge in [-0.3, -0.25) is 4.99 Å². The van der Waals surface area contributed by atoms with Crippen molar-refractivity contribution >= 4 is 16.9 Å². The van der Waals surface area contributed by atoms with Crippen molar-refractivity contribution in [3.05, 3.63) is 53.6 Å². The Morgan fingerprint density at radius 3 is 2.89 bits per heavy atom. The van der Waals surface area contributed by atoms with Crippen LogP contribution in [0.1, 0.15) is 24.1 Å². The number of aliphatic imine (C=N–C) groups is 1. The molecule has 6 heteroatoms. The van der Waals surface area contributed by atoms with Gasteiger partial charge in [-0.2, -0.15) is 5.26 Å². The summed E-state index contributed by atoms with van der Waals surface area (Å²) >= 11 is 1.43. The maximum Gasteiger partial charge on any atom is 0.154 e. The van der Waals surface area contributed by atoms with Crippen molar-refractivity contribution in [1.82, 2.24) is 0 Å². The summed E-state index contributed by atoms with van der Waals surface area (Å²) in [5, 5.41) is 9.72. The van der Waals surface area contributed by atoms with E-state index in [4.69, 9.17) is 25.5 Å². The van der Waals surface area contributed by atoms with Crippen LogP contribution in [0.15, 0.2) is 47.5 Å². The van der Waals surface area contributed by atoms with Gasteiger partial charge >= 0.3 is 0 Å². The van der Waals surface area contributed by atoms with Gasteiger partial charge in [-0.15, -0.1) is 0 Å². The van der Waals surface area contributed by atoms with Gasteiger partial charge in [-0.1, -0.05) is 30.0 Å². The number of amidine groups is 1. The molecule has 2 aromatic carbocycles. The molecule has 0 saturated carbocycles. The minimum atomic E-state index is -0.119. The van der Waals surface area contributed by atoms with Crippen molar-refractivity contribution in [3.8, 4) is 22.9 Å². The lowest BCUT2D eigenvalue weighted by atomic mass is 9.89. The largest absolute Gasteiger partial charge is 0.493 e. The molecule has 140 valence electrons. The van der Waals surface area contributed by atoms with Gasteiger partial charge in [0.2, 0.25) is 0 Å².